The van der Waals surface area contributed by atoms with Gasteiger partial charge in [-0.25, -0.2) is 0 Å². The average Bonchev–Trinajstić information content (AvgIpc) is 3.03. The van der Waals surface area contributed by atoms with Crippen LogP contribution in [0.15, 0.2) is 12.7 Å². The van der Waals surface area contributed by atoms with Crippen molar-refractivity contribution < 1.29 is 5.11 Å². The highest BCUT2D eigenvalue weighted by Gasteiger charge is 2.36. The van der Waals surface area contributed by atoms with E-state index in [1.54, 1.807) is 0 Å². The molecule has 2 fully saturated rings. The fraction of sp³-hybridized carbons (Fsp3) is 0.875. The maximum atomic E-state index is 10.7. The lowest BCUT2D eigenvalue weighted by Gasteiger charge is -2.34. The largest absolute Gasteiger partial charge is 0.389 e. The zero-order valence-corrected chi connectivity index (χ0v) is 12.6. The summed E-state index contributed by atoms with van der Waals surface area (Å²) in [5.74, 6) is 0.0196. The lowest BCUT2D eigenvalue weighted by molar-refractivity contribution is 0.240. The van der Waals surface area contributed by atoms with Gasteiger partial charge >= 0.3 is 0 Å². The van der Waals surface area contributed by atoms with Crippen LogP contribution < -0.4 is 0 Å². The molecule has 2 aliphatic carbocycles. The number of aliphatic hydroxyl groups is 1. The molecule has 0 bridgehead atoms. The summed E-state index contributed by atoms with van der Waals surface area (Å²) in [5, 5.41) is 10.7. The van der Waals surface area contributed by atoms with Gasteiger partial charge in [-0.05, 0) is 56.3 Å². The topological polar surface area (TPSA) is 20.2 Å². The second-order valence-electron chi connectivity index (χ2n) is 6.02. The van der Waals surface area contributed by atoms with Crippen molar-refractivity contribution in [2.75, 3.05) is 0 Å². The molecule has 0 saturated heterocycles. The van der Waals surface area contributed by atoms with Gasteiger partial charge < -0.3 is 5.11 Å². The quantitative estimate of drug-likeness (QED) is 0.390. The second kappa shape index (κ2) is 7.65. The van der Waals surface area contributed by atoms with Crippen LogP contribution in [0.25, 0.3) is 0 Å². The van der Waals surface area contributed by atoms with Crippen LogP contribution in [0.2, 0.25) is 0 Å². The molecule has 2 saturated carbocycles. The predicted molar refractivity (Wildman–Crippen MR) is 81.5 cm³/mol. The Morgan fingerprint density at radius 3 is 2.00 bits per heavy atom. The summed E-state index contributed by atoms with van der Waals surface area (Å²) < 4.78 is 0. The number of aliphatic hydroxyl groups excluding tert-OH is 1. The molecule has 0 aromatic heterocycles. The van der Waals surface area contributed by atoms with Crippen LogP contribution in [0.5, 0.6) is 0 Å². The van der Waals surface area contributed by atoms with Gasteiger partial charge in [-0.3, -0.25) is 0 Å². The van der Waals surface area contributed by atoms with Crippen LogP contribution in [0, 0.1) is 0 Å². The van der Waals surface area contributed by atoms with Crippen LogP contribution in [0.4, 0.5) is 0 Å². The van der Waals surface area contributed by atoms with E-state index >= 15 is 0 Å². The molecule has 0 radical (unpaired) electrons. The molecule has 1 atom stereocenters. The van der Waals surface area contributed by atoms with E-state index in [0.717, 1.165) is 30.6 Å². The van der Waals surface area contributed by atoms with Crippen molar-refractivity contribution in [3.8, 4) is 0 Å². The van der Waals surface area contributed by atoms with Crippen LogP contribution in [0.1, 0.15) is 70.6 Å². The SMILES string of the molecule is C=CCCCC(O)P(C1CCCC1)C1CCCC1. The molecule has 0 amide bonds. The minimum Gasteiger partial charge on any atom is -0.389 e. The van der Waals surface area contributed by atoms with E-state index in [0.29, 0.717) is 0 Å². The van der Waals surface area contributed by atoms with Gasteiger partial charge in [0.25, 0.3) is 0 Å². The Kier molecular flexibility index (Phi) is 6.18. The Balaban J connectivity index is 1.91. The monoisotopic (exact) mass is 268 g/mol. The minimum absolute atomic E-state index is 0.0196. The van der Waals surface area contributed by atoms with E-state index in [2.05, 4.69) is 6.58 Å². The van der Waals surface area contributed by atoms with Crippen LogP contribution in [-0.2, 0) is 0 Å². The number of allylic oxidation sites excluding steroid dienone is 1. The Morgan fingerprint density at radius 1 is 1.06 bits per heavy atom. The number of unbranched alkanes of at least 4 members (excludes halogenated alkanes) is 1. The molecule has 2 rings (SSSR count). The number of hydrogen-bond acceptors (Lipinski definition) is 1. The summed E-state index contributed by atoms with van der Waals surface area (Å²) in [6, 6.07) is 0. The van der Waals surface area contributed by atoms with Crippen LogP contribution in [0.3, 0.4) is 0 Å². The summed E-state index contributed by atoms with van der Waals surface area (Å²) in [4.78, 5) is 0. The third-order valence-corrected chi connectivity index (χ3v) is 8.37. The second-order valence-corrected chi connectivity index (χ2v) is 8.98. The zero-order valence-electron chi connectivity index (χ0n) is 11.7. The number of rotatable bonds is 7. The van der Waals surface area contributed by atoms with Gasteiger partial charge in [-0.1, -0.05) is 39.7 Å². The summed E-state index contributed by atoms with van der Waals surface area (Å²) in [7, 11) is -0.119. The molecule has 18 heavy (non-hydrogen) atoms. The Hall–Kier alpha value is 0.130. The molecule has 0 aromatic carbocycles. The van der Waals surface area contributed by atoms with E-state index < -0.39 is 0 Å². The molecule has 0 aromatic rings. The summed E-state index contributed by atoms with van der Waals surface area (Å²) in [5.41, 5.74) is 1.78. The molecule has 0 spiro atoms. The highest BCUT2D eigenvalue weighted by atomic mass is 31.1. The Bertz CT molecular complexity index is 225. The number of hydrogen-bond donors (Lipinski definition) is 1. The lowest BCUT2D eigenvalue weighted by Crippen LogP contribution is -2.20. The predicted octanol–water partition coefficient (Wildman–Crippen LogP) is 5.03. The first kappa shape index (κ1) is 14.5. The van der Waals surface area contributed by atoms with Crippen LogP contribution >= 0.6 is 7.92 Å². The highest BCUT2D eigenvalue weighted by molar-refractivity contribution is 7.59. The van der Waals surface area contributed by atoms with Crippen molar-refractivity contribution in [3.05, 3.63) is 12.7 Å². The highest BCUT2D eigenvalue weighted by Crippen LogP contribution is 2.60. The summed E-state index contributed by atoms with van der Waals surface area (Å²) in [6.45, 7) is 3.78. The standard InChI is InChI=1S/C16H29OP/c1-2-3-4-13-16(17)18(14-9-5-6-10-14)15-11-7-8-12-15/h2,14-17H,1,3-13H2. The maximum Gasteiger partial charge on any atom is 0.0735 e. The molecule has 1 nitrogen and oxygen atoms in total. The fourth-order valence-corrected chi connectivity index (χ4v) is 7.76. The molecular weight excluding hydrogens is 239 g/mol. The first-order chi connectivity index (χ1) is 8.83. The molecule has 0 heterocycles. The normalized spacial score (nSPS) is 23.9. The van der Waals surface area contributed by atoms with Crippen molar-refractivity contribution in [1.82, 2.24) is 0 Å². The third-order valence-electron chi connectivity index (χ3n) is 4.71. The third kappa shape index (κ3) is 3.81. The summed E-state index contributed by atoms with van der Waals surface area (Å²) >= 11 is 0. The zero-order chi connectivity index (χ0) is 12.8. The minimum atomic E-state index is -0.119. The molecular formula is C16H29OP. The van der Waals surface area contributed by atoms with Crippen molar-refractivity contribution in [1.29, 1.82) is 0 Å². The van der Waals surface area contributed by atoms with Crippen molar-refractivity contribution in [2.45, 2.75) is 87.8 Å². The van der Waals surface area contributed by atoms with Crippen molar-refractivity contribution >= 4 is 7.92 Å². The van der Waals surface area contributed by atoms with Gasteiger partial charge in [0.1, 0.15) is 0 Å². The van der Waals surface area contributed by atoms with E-state index in [4.69, 9.17) is 0 Å². The van der Waals surface area contributed by atoms with E-state index in [1.165, 1.54) is 51.4 Å². The Labute approximate surface area is 114 Å². The fourth-order valence-electron chi connectivity index (χ4n) is 3.78. The first-order valence-corrected chi connectivity index (χ1v) is 9.44. The first-order valence-electron chi connectivity index (χ1n) is 7.89. The molecule has 2 heteroatoms. The van der Waals surface area contributed by atoms with E-state index in [9.17, 15) is 5.11 Å². The van der Waals surface area contributed by atoms with Crippen molar-refractivity contribution in [3.63, 3.8) is 0 Å². The van der Waals surface area contributed by atoms with Crippen LogP contribution in [-0.4, -0.2) is 22.3 Å². The van der Waals surface area contributed by atoms with Gasteiger partial charge in [-0.15, -0.1) is 6.58 Å². The van der Waals surface area contributed by atoms with Gasteiger partial charge in [0.2, 0.25) is 0 Å². The van der Waals surface area contributed by atoms with Gasteiger partial charge in [0, 0.05) is 0 Å². The lowest BCUT2D eigenvalue weighted by atomic mass is 10.2. The molecule has 2 aliphatic rings. The van der Waals surface area contributed by atoms with Gasteiger partial charge in [0.05, 0.1) is 5.85 Å². The Morgan fingerprint density at radius 2 is 1.56 bits per heavy atom. The summed E-state index contributed by atoms with van der Waals surface area (Å²) in [6.07, 6.45) is 16.5. The molecule has 1 unspecified atom stereocenters. The molecule has 0 aliphatic heterocycles. The van der Waals surface area contributed by atoms with Gasteiger partial charge in [0.15, 0.2) is 0 Å². The molecule has 1 N–H and O–H groups in total. The van der Waals surface area contributed by atoms with Gasteiger partial charge in [-0.2, -0.15) is 0 Å². The smallest absolute Gasteiger partial charge is 0.0735 e. The molecule has 104 valence electrons. The van der Waals surface area contributed by atoms with E-state index in [-0.39, 0.29) is 13.8 Å². The van der Waals surface area contributed by atoms with E-state index in [1.807, 2.05) is 6.08 Å². The average molecular weight is 268 g/mol. The maximum absolute atomic E-state index is 10.7. The van der Waals surface area contributed by atoms with Crippen molar-refractivity contribution in [2.24, 2.45) is 0 Å².